The highest BCUT2D eigenvalue weighted by molar-refractivity contribution is 7.05. The fourth-order valence-corrected chi connectivity index (χ4v) is 2.11. The lowest BCUT2D eigenvalue weighted by Gasteiger charge is -2.38. The largest absolute Gasteiger partial charge is 0.327 e. The molecule has 2 N–H and O–H groups in total. The summed E-state index contributed by atoms with van der Waals surface area (Å²) >= 11 is 1.23. The number of alkyl halides is 1. The molecule has 0 saturated heterocycles. The van der Waals surface area contributed by atoms with Crippen LogP contribution in [0.15, 0.2) is 12.3 Å². The lowest BCUT2D eigenvalue weighted by Crippen LogP contribution is -2.45. The van der Waals surface area contributed by atoms with E-state index in [-0.39, 0.29) is 6.04 Å². The summed E-state index contributed by atoms with van der Waals surface area (Å²) in [6.07, 6.45) is 2.54. The molecule has 1 aliphatic carbocycles. The highest BCUT2D eigenvalue weighted by Gasteiger charge is 2.45. The third kappa shape index (κ3) is 1.06. The molecule has 0 bridgehead atoms. The van der Waals surface area contributed by atoms with E-state index in [1.807, 2.05) is 0 Å². The molecule has 0 spiro atoms. The van der Waals surface area contributed by atoms with E-state index in [0.29, 0.717) is 12.8 Å². The lowest BCUT2D eigenvalue weighted by molar-refractivity contribution is 0.0444. The molecule has 0 amide bonds. The molecule has 0 atom stereocenters. The Morgan fingerprint density at radius 2 is 2.45 bits per heavy atom. The first-order chi connectivity index (χ1) is 5.21. The second-order valence-corrected chi connectivity index (χ2v) is 3.84. The van der Waals surface area contributed by atoms with Gasteiger partial charge in [-0.15, -0.1) is 0 Å². The summed E-state index contributed by atoms with van der Waals surface area (Å²) in [5.74, 6) is 0. The molecule has 1 fully saturated rings. The van der Waals surface area contributed by atoms with Gasteiger partial charge in [-0.1, -0.05) is 0 Å². The zero-order valence-electron chi connectivity index (χ0n) is 5.96. The number of hydrogen-bond donors (Lipinski definition) is 1. The van der Waals surface area contributed by atoms with Crippen LogP contribution in [0.3, 0.4) is 0 Å². The molecule has 2 nitrogen and oxygen atoms in total. The summed E-state index contributed by atoms with van der Waals surface area (Å²) in [7, 11) is 0. The maximum absolute atomic E-state index is 13.6. The molecule has 0 aromatic carbocycles. The standard InChI is InChI=1S/C7H9FN2S/c8-7(3-5(9)4-7)6-1-2-10-11-6/h1-2,5H,3-4,9H2. The minimum Gasteiger partial charge on any atom is -0.327 e. The number of aromatic nitrogens is 1. The minimum atomic E-state index is -1.15. The number of nitrogens with two attached hydrogens (primary N) is 1. The Balaban J connectivity index is 2.18. The lowest BCUT2D eigenvalue weighted by atomic mass is 9.77. The Hall–Kier alpha value is -0.480. The molecular formula is C7H9FN2S. The SMILES string of the molecule is NC1CC(F)(c2ccns2)C1. The number of halogens is 1. The first kappa shape index (κ1) is 7.18. The van der Waals surface area contributed by atoms with Crippen molar-refractivity contribution in [3.05, 3.63) is 17.1 Å². The van der Waals surface area contributed by atoms with Crippen molar-refractivity contribution >= 4 is 11.5 Å². The van der Waals surface area contributed by atoms with E-state index in [1.54, 1.807) is 12.3 Å². The molecule has 4 heteroatoms. The normalized spacial score (nSPS) is 36.7. The first-order valence-electron chi connectivity index (χ1n) is 3.56. The van der Waals surface area contributed by atoms with Gasteiger partial charge in [0.25, 0.3) is 0 Å². The van der Waals surface area contributed by atoms with Crippen LogP contribution in [0.25, 0.3) is 0 Å². The van der Waals surface area contributed by atoms with Gasteiger partial charge in [-0.25, -0.2) is 8.76 Å². The second-order valence-electron chi connectivity index (χ2n) is 3.01. The molecular weight excluding hydrogens is 163 g/mol. The van der Waals surface area contributed by atoms with E-state index in [1.165, 1.54) is 11.5 Å². The molecule has 0 aliphatic heterocycles. The van der Waals surface area contributed by atoms with Crippen LogP contribution in [0.4, 0.5) is 4.39 Å². The average Bonchev–Trinajstić information content (AvgIpc) is 2.34. The third-order valence-corrected chi connectivity index (χ3v) is 2.98. The van der Waals surface area contributed by atoms with Gasteiger partial charge >= 0.3 is 0 Å². The van der Waals surface area contributed by atoms with Gasteiger partial charge in [0.05, 0.1) is 4.88 Å². The average molecular weight is 172 g/mol. The number of hydrogen-bond acceptors (Lipinski definition) is 3. The van der Waals surface area contributed by atoms with Crippen molar-refractivity contribution in [1.29, 1.82) is 0 Å². The van der Waals surface area contributed by atoms with Crippen LogP contribution < -0.4 is 5.73 Å². The Morgan fingerprint density at radius 3 is 2.91 bits per heavy atom. The summed E-state index contributed by atoms with van der Waals surface area (Å²) in [5, 5.41) is 0. The van der Waals surface area contributed by atoms with Crippen LogP contribution in [0, 0.1) is 0 Å². The molecule has 1 aromatic rings. The van der Waals surface area contributed by atoms with E-state index in [9.17, 15) is 4.39 Å². The Morgan fingerprint density at radius 1 is 1.73 bits per heavy atom. The molecule has 1 aliphatic rings. The smallest absolute Gasteiger partial charge is 0.149 e. The maximum Gasteiger partial charge on any atom is 0.149 e. The van der Waals surface area contributed by atoms with Crippen LogP contribution in [-0.4, -0.2) is 10.4 Å². The van der Waals surface area contributed by atoms with E-state index < -0.39 is 5.67 Å². The van der Waals surface area contributed by atoms with Gasteiger partial charge < -0.3 is 5.73 Å². The van der Waals surface area contributed by atoms with Gasteiger partial charge in [0.2, 0.25) is 0 Å². The van der Waals surface area contributed by atoms with E-state index in [2.05, 4.69) is 4.37 Å². The predicted molar refractivity (Wildman–Crippen MR) is 42.1 cm³/mol. The summed E-state index contributed by atoms with van der Waals surface area (Å²) in [6, 6.07) is 1.78. The topological polar surface area (TPSA) is 38.9 Å². The van der Waals surface area contributed by atoms with Crippen LogP contribution in [0.5, 0.6) is 0 Å². The van der Waals surface area contributed by atoms with Crippen molar-refractivity contribution in [2.45, 2.75) is 24.6 Å². The zero-order chi connectivity index (χ0) is 7.90. The summed E-state index contributed by atoms with van der Waals surface area (Å²) < 4.78 is 17.5. The van der Waals surface area contributed by atoms with Gasteiger partial charge in [-0.05, 0) is 17.6 Å². The van der Waals surface area contributed by atoms with Gasteiger partial charge in [0, 0.05) is 25.1 Å². The van der Waals surface area contributed by atoms with Crippen LogP contribution in [-0.2, 0) is 5.67 Å². The van der Waals surface area contributed by atoms with Crippen molar-refractivity contribution in [2.24, 2.45) is 5.73 Å². The van der Waals surface area contributed by atoms with Crippen molar-refractivity contribution in [3.63, 3.8) is 0 Å². The number of rotatable bonds is 1. The molecule has 0 unspecified atom stereocenters. The van der Waals surface area contributed by atoms with Crippen molar-refractivity contribution in [3.8, 4) is 0 Å². The van der Waals surface area contributed by atoms with Gasteiger partial charge in [-0.2, -0.15) is 0 Å². The van der Waals surface area contributed by atoms with Crippen molar-refractivity contribution in [2.75, 3.05) is 0 Å². The number of nitrogens with zero attached hydrogens (tertiary/aromatic N) is 1. The fraction of sp³-hybridized carbons (Fsp3) is 0.571. The van der Waals surface area contributed by atoms with Crippen molar-refractivity contribution < 1.29 is 4.39 Å². The molecule has 11 heavy (non-hydrogen) atoms. The van der Waals surface area contributed by atoms with Crippen molar-refractivity contribution in [1.82, 2.24) is 4.37 Å². The minimum absolute atomic E-state index is 0.0436. The maximum atomic E-state index is 13.6. The van der Waals surface area contributed by atoms with E-state index in [4.69, 9.17) is 5.73 Å². The third-order valence-electron chi connectivity index (χ3n) is 2.05. The molecule has 60 valence electrons. The summed E-state index contributed by atoms with van der Waals surface area (Å²) in [6.45, 7) is 0. The van der Waals surface area contributed by atoms with E-state index >= 15 is 0 Å². The Bertz CT molecular complexity index is 241. The Kier molecular flexibility index (Phi) is 1.47. The van der Waals surface area contributed by atoms with Gasteiger partial charge in [0.15, 0.2) is 0 Å². The predicted octanol–water partition coefficient (Wildman–Crippen LogP) is 1.43. The highest BCUT2D eigenvalue weighted by atomic mass is 32.1. The monoisotopic (exact) mass is 172 g/mol. The molecule has 1 heterocycles. The molecule has 0 radical (unpaired) electrons. The Labute approximate surface area is 68.4 Å². The summed E-state index contributed by atoms with van der Waals surface area (Å²) in [5.41, 5.74) is 4.35. The van der Waals surface area contributed by atoms with Crippen LogP contribution >= 0.6 is 11.5 Å². The van der Waals surface area contributed by atoms with Gasteiger partial charge in [-0.3, -0.25) is 0 Å². The molecule has 1 saturated carbocycles. The first-order valence-corrected chi connectivity index (χ1v) is 4.34. The highest BCUT2D eigenvalue weighted by Crippen LogP contribution is 2.45. The summed E-state index contributed by atoms with van der Waals surface area (Å²) in [4.78, 5) is 0.721. The molecule has 1 aromatic heterocycles. The van der Waals surface area contributed by atoms with E-state index in [0.717, 1.165) is 4.88 Å². The zero-order valence-corrected chi connectivity index (χ0v) is 6.77. The molecule has 2 rings (SSSR count). The quantitative estimate of drug-likeness (QED) is 0.696. The van der Waals surface area contributed by atoms with Crippen LogP contribution in [0.1, 0.15) is 17.7 Å². The van der Waals surface area contributed by atoms with Crippen LogP contribution in [0.2, 0.25) is 0 Å². The van der Waals surface area contributed by atoms with Gasteiger partial charge in [0.1, 0.15) is 5.67 Å². The second kappa shape index (κ2) is 2.25. The fourth-order valence-electron chi connectivity index (χ4n) is 1.42.